The summed E-state index contributed by atoms with van der Waals surface area (Å²) in [5, 5.41) is 13.6. The van der Waals surface area contributed by atoms with Crippen molar-refractivity contribution in [3.8, 4) is 51.0 Å². The van der Waals surface area contributed by atoms with E-state index in [2.05, 4.69) is 162 Å². The number of para-hydroxylation sites is 2. The van der Waals surface area contributed by atoms with Crippen LogP contribution in [0.15, 0.2) is 227 Å². The molecular formula is C65H36N4O2S. The van der Waals surface area contributed by atoms with Crippen molar-refractivity contribution in [2.24, 2.45) is 0 Å². The number of nitrogens with zero attached hydrogens (tertiary/aromatic N) is 4. The van der Waals surface area contributed by atoms with Gasteiger partial charge in [0.25, 0.3) is 0 Å². The van der Waals surface area contributed by atoms with Gasteiger partial charge in [-0.3, -0.25) is 0 Å². The van der Waals surface area contributed by atoms with Gasteiger partial charge in [0, 0.05) is 80.1 Å². The number of benzene rings is 11. The van der Waals surface area contributed by atoms with Gasteiger partial charge < -0.3 is 13.4 Å². The molecule has 0 fully saturated rings. The van der Waals surface area contributed by atoms with Gasteiger partial charge >= 0.3 is 0 Å². The Morgan fingerprint density at radius 2 is 0.889 bits per heavy atom. The molecule has 0 unspecified atom stereocenters. The molecule has 334 valence electrons. The molecule has 0 N–H and O–H groups in total. The molecule has 0 bridgehead atoms. The Morgan fingerprint density at radius 3 is 1.61 bits per heavy atom. The lowest BCUT2D eigenvalue weighted by molar-refractivity contribution is 0.668. The summed E-state index contributed by atoms with van der Waals surface area (Å²) in [5.74, 6) is 1.66. The summed E-state index contributed by atoms with van der Waals surface area (Å²) in [5.41, 5.74) is 11.3. The van der Waals surface area contributed by atoms with Gasteiger partial charge in [0.2, 0.25) is 0 Å². The average molecular weight is 937 g/mol. The first-order chi connectivity index (χ1) is 35.7. The van der Waals surface area contributed by atoms with Crippen LogP contribution in [0.4, 0.5) is 0 Å². The third-order valence-corrected chi connectivity index (χ3v) is 15.8. The lowest BCUT2D eigenvalue weighted by atomic mass is 9.98. The van der Waals surface area contributed by atoms with Gasteiger partial charge in [-0.15, -0.1) is 11.3 Å². The normalized spacial score (nSPS) is 12.2. The van der Waals surface area contributed by atoms with Crippen LogP contribution in [-0.4, -0.2) is 19.5 Å². The van der Waals surface area contributed by atoms with Crippen LogP contribution in [0, 0.1) is 0 Å². The van der Waals surface area contributed by atoms with Gasteiger partial charge in [-0.25, -0.2) is 15.0 Å². The maximum absolute atomic E-state index is 6.43. The fraction of sp³-hybridized carbons (Fsp3) is 0. The van der Waals surface area contributed by atoms with Crippen molar-refractivity contribution in [3.63, 3.8) is 0 Å². The maximum Gasteiger partial charge on any atom is 0.164 e. The minimum Gasteiger partial charge on any atom is -0.456 e. The fourth-order valence-electron chi connectivity index (χ4n) is 11.4. The lowest BCUT2D eigenvalue weighted by Crippen LogP contribution is -2.02. The van der Waals surface area contributed by atoms with Crippen molar-refractivity contribution in [3.05, 3.63) is 218 Å². The molecule has 16 aromatic rings. The van der Waals surface area contributed by atoms with E-state index in [0.29, 0.717) is 17.5 Å². The topological polar surface area (TPSA) is 69.9 Å². The Kier molecular flexibility index (Phi) is 8.23. The summed E-state index contributed by atoms with van der Waals surface area (Å²) < 4.78 is 17.9. The largest absolute Gasteiger partial charge is 0.456 e. The minimum absolute atomic E-state index is 0.551. The van der Waals surface area contributed by atoms with Crippen molar-refractivity contribution >= 4 is 119 Å². The molecular weight excluding hydrogens is 901 g/mol. The highest BCUT2D eigenvalue weighted by molar-refractivity contribution is 7.25. The highest BCUT2D eigenvalue weighted by Crippen LogP contribution is 2.45. The van der Waals surface area contributed by atoms with E-state index in [1.807, 2.05) is 72.0 Å². The van der Waals surface area contributed by atoms with Gasteiger partial charge in [0.15, 0.2) is 17.5 Å². The second kappa shape index (κ2) is 15.0. The highest BCUT2D eigenvalue weighted by atomic mass is 32.1. The second-order valence-electron chi connectivity index (χ2n) is 18.6. The number of aromatic nitrogens is 4. The van der Waals surface area contributed by atoms with E-state index < -0.39 is 0 Å². The number of furan rings is 2. The Bertz CT molecular complexity index is 4830. The Hall–Kier alpha value is -9.43. The Labute approximate surface area is 414 Å². The summed E-state index contributed by atoms with van der Waals surface area (Å²) in [6.07, 6.45) is 0. The average Bonchev–Trinajstić information content (AvgIpc) is 4.21. The van der Waals surface area contributed by atoms with Crippen LogP contribution in [0.5, 0.6) is 0 Å². The van der Waals surface area contributed by atoms with Crippen LogP contribution in [0.2, 0.25) is 0 Å². The molecule has 0 spiro atoms. The molecule has 72 heavy (non-hydrogen) atoms. The summed E-state index contributed by atoms with van der Waals surface area (Å²) in [6, 6.07) is 77.6. The molecule has 0 radical (unpaired) electrons. The first-order valence-electron chi connectivity index (χ1n) is 24.2. The van der Waals surface area contributed by atoms with E-state index in [4.69, 9.17) is 23.8 Å². The minimum atomic E-state index is 0.551. The van der Waals surface area contributed by atoms with E-state index in [-0.39, 0.29) is 0 Å². The lowest BCUT2D eigenvalue weighted by Gasteiger charge is -2.17. The van der Waals surface area contributed by atoms with Gasteiger partial charge in [-0.2, -0.15) is 0 Å². The predicted molar refractivity (Wildman–Crippen MR) is 298 cm³/mol. The molecule has 0 saturated heterocycles. The van der Waals surface area contributed by atoms with Crippen molar-refractivity contribution in [2.45, 2.75) is 0 Å². The predicted octanol–water partition coefficient (Wildman–Crippen LogP) is 18.1. The van der Waals surface area contributed by atoms with Crippen LogP contribution >= 0.6 is 11.3 Å². The summed E-state index contributed by atoms with van der Waals surface area (Å²) in [4.78, 5) is 16.3. The smallest absolute Gasteiger partial charge is 0.164 e. The zero-order valence-corrected chi connectivity index (χ0v) is 39.1. The second-order valence-corrected chi connectivity index (χ2v) is 19.7. The number of thiophene rings is 1. The quantitative estimate of drug-likeness (QED) is 0.172. The van der Waals surface area contributed by atoms with Gasteiger partial charge in [-0.05, 0) is 88.5 Å². The van der Waals surface area contributed by atoms with E-state index >= 15 is 0 Å². The molecule has 0 amide bonds. The van der Waals surface area contributed by atoms with Crippen LogP contribution in [0.3, 0.4) is 0 Å². The van der Waals surface area contributed by atoms with Crippen LogP contribution in [0.25, 0.3) is 158 Å². The van der Waals surface area contributed by atoms with E-state index in [1.165, 1.54) is 58.0 Å². The van der Waals surface area contributed by atoms with E-state index in [9.17, 15) is 0 Å². The van der Waals surface area contributed by atoms with Gasteiger partial charge in [-0.1, -0.05) is 152 Å². The van der Waals surface area contributed by atoms with Crippen LogP contribution < -0.4 is 0 Å². The first-order valence-corrected chi connectivity index (χ1v) is 25.0. The maximum atomic E-state index is 6.43. The molecule has 0 saturated carbocycles. The standard InChI is InChI=1S/C65H36N4O2S/c1-2-15-39-35-53-51(33-38(39)14-1)45-31-27-37-13-3-4-16-42(37)62(45)69(53)52-32-29-41(34-50(52)40-28-30-44-43-17-7-10-26-58(43)72-59(44)36-40)63-66-64(48-20-11-24-56-60(48)46-18-5-8-22-54(46)70-56)68-65(67-63)49-21-12-25-57-61(49)47-19-6-9-23-55(47)71-57/h1-36H. The van der Waals surface area contributed by atoms with Crippen molar-refractivity contribution in [2.75, 3.05) is 0 Å². The molecule has 5 heterocycles. The zero-order chi connectivity index (χ0) is 47.0. The van der Waals surface area contributed by atoms with Gasteiger partial charge in [0.1, 0.15) is 22.3 Å². The zero-order valence-electron chi connectivity index (χ0n) is 38.3. The molecule has 6 nitrogen and oxygen atoms in total. The fourth-order valence-corrected chi connectivity index (χ4v) is 12.5. The van der Waals surface area contributed by atoms with Crippen LogP contribution in [0.1, 0.15) is 0 Å². The number of rotatable bonds is 5. The number of fused-ring (bicyclic) bond motifs is 15. The molecule has 0 aliphatic rings. The van der Waals surface area contributed by atoms with Gasteiger partial charge in [0.05, 0.1) is 16.7 Å². The molecule has 0 aliphatic carbocycles. The Balaban J connectivity index is 1.01. The molecule has 0 aliphatic heterocycles. The Morgan fingerprint density at radius 1 is 0.333 bits per heavy atom. The third kappa shape index (κ3) is 5.80. The number of hydrogen-bond acceptors (Lipinski definition) is 6. The summed E-state index contributed by atoms with van der Waals surface area (Å²) in [7, 11) is 0. The monoisotopic (exact) mass is 936 g/mol. The number of hydrogen-bond donors (Lipinski definition) is 0. The highest BCUT2D eigenvalue weighted by Gasteiger charge is 2.24. The molecule has 16 rings (SSSR count). The third-order valence-electron chi connectivity index (χ3n) is 14.6. The SMILES string of the molecule is c1ccc2cc3c(cc2c1)c1ccc2ccccc2c1n3-c1ccc(-c2nc(-c3cccc4oc5ccccc5c34)nc(-c3cccc4oc5ccccc5c34)n2)cc1-c1ccc2c(c1)sc1ccccc12. The van der Waals surface area contributed by atoms with Crippen molar-refractivity contribution in [1.82, 2.24) is 19.5 Å². The summed E-state index contributed by atoms with van der Waals surface area (Å²) in [6.45, 7) is 0. The van der Waals surface area contributed by atoms with E-state index in [0.717, 1.165) is 82.9 Å². The molecule has 0 atom stereocenters. The molecule has 11 aromatic carbocycles. The van der Waals surface area contributed by atoms with E-state index in [1.54, 1.807) is 0 Å². The van der Waals surface area contributed by atoms with Crippen LogP contribution in [-0.2, 0) is 0 Å². The molecule has 7 heteroatoms. The van der Waals surface area contributed by atoms with Crippen molar-refractivity contribution < 1.29 is 8.83 Å². The first kappa shape index (κ1) is 39.4. The van der Waals surface area contributed by atoms with Crippen molar-refractivity contribution in [1.29, 1.82) is 0 Å². The molecule has 5 aromatic heterocycles. The summed E-state index contributed by atoms with van der Waals surface area (Å²) >= 11 is 1.83.